The van der Waals surface area contributed by atoms with Crippen LogP contribution < -0.4 is 11.1 Å². The van der Waals surface area contributed by atoms with Crippen LogP contribution in [0.1, 0.15) is 31.9 Å². The van der Waals surface area contributed by atoms with Crippen LogP contribution in [0.3, 0.4) is 0 Å². The van der Waals surface area contributed by atoms with Gasteiger partial charge in [-0.15, -0.1) is 0 Å². The lowest BCUT2D eigenvalue weighted by atomic mass is 9.87. The van der Waals surface area contributed by atoms with Crippen LogP contribution in [0.25, 0.3) is 0 Å². The van der Waals surface area contributed by atoms with E-state index in [0.717, 1.165) is 21.4 Å². The zero-order valence-electron chi connectivity index (χ0n) is 12.4. The van der Waals surface area contributed by atoms with Gasteiger partial charge in [-0.3, -0.25) is 0 Å². The van der Waals surface area contributed by atoms with Crippen molar-refractivity contribution in [3.8, 4) is 0 Å². The van der Waals surface area contributed by atoms with Gasteiger partial charge in [-0.1, -0.05) is 51.2 Å². The Morgan fingerprint density at radius 1 is 1.10 bits per heavy atom. The molecule has 0 saturated carbocycles. The molecule has 0 heterocycles. The molecule has 3 N–H and O–H groups in total. The molecule has 0 fully saturated rings. The zero-order chi connectivity index (χ0) is 15.6. The quantitative estimate of drug-likeness (QED) is 0.743. The van der Waals surface area contributed by atoms with Gasteiger partial charge in [0.1, 0.15) is 4.99 Å². The molecular formula is C17H19BrN2S. The summed E-state index contributed by atoms with van der Waals surface area (Å²) in [7, 11) is 0. The van der Waals surface area contributed by atoms with Crippen LogP contribution in [0.4, 0.5) is 11.4 Å². The summed E-state index contributed by atoms with van der Waals surface area (Å²) in [5.74, 6) is 0. The SMILES string of the molecule is CC(C)(C)c1ccc(Nc2cccc(Br)c2C(N)=S)cc1. The Kier molecular flexibility index (Phi) is 4.69. The molecule has 2 aromatic carbocycles. The number of hydrogen-bond donors (Lipinski definition) is 2. The lowest BCUT2D eigenvalue weighted by molar-refractivity contribution is 0.590. The predicted molar refractivity (Wildman–Crippen MR) is 98.5 cm³/mol. The van der Waals surface area contributed by atoms with Crippen LogP contribution in [-0.4, -0.2) is 4.99 Å². The van der Waals surface area contributed by atoms with Crippen LogP contribution in [0.5, 0.6) is 0 Å². The van der Waals surface area contributed by atoms with E-state index in [1.807, 2.05) is 18.2 Å². The van der Waals surface area contributed by atoms with Gasteiger partial charge >= 0.3 is 0 Å². The highest BCUT2D eigenvalue weighted by Crippen LogP contribution is 2.29. The molecule has 0 saturated heterocycles. The molecule has 0 aliphatic rings. The molecule has 0 aromatic heterocycles. The minimum atomic E-state index is 0.151. The molecular weight excluding hydrogens is 344 g/mol. The van der Waals surface area contributed by atoms with Crippen molar-refractivity contribution in [3.63, 3.8) is 0 Å². The molecule has 21 heavy (non-hydrogen) atoms. The predicted octanol–water partition coefficient (Wildman–Crippen LogP) is 5.12. The maximum Gasteiger partial charge on any atom is 0.107 e. The van der Waals surface area contributed by atoms with Crippen LogP contribution in [0.15, 0.2) is 46.9 Å². The largest absolute Gasteiger partial charge is 0.389 e. The van der Waals surface area contributed by atoms with Gasteiger partial charge in [0.15, 0.2) is 0 Å². The molecule has 0 aliphatic carbocycles. The molecule has 0 bridgehead atoms. The number of anilines is 2. The third-order valence-electron chi connectivity index (χ3n) is 3.29. The standard InChI is InChI=1S/C17H19BrN2S/c1-17(2,3)11-7-9-12(10-8-11)20-14-6-4-5-13(18)15(14)16(19)21/h4-10,20H,1-3H3,(H2,19,21). The third-order valence-corrected chi connectivity index (χ3v) is 4.15. The number of thiocarbonyl (C=S) groups is 1. The second kappa shape index (κ2) is 6.16. The summed E-state index contributed by atoms with van der Waals surface area (Å²) >= 11 is 8.62. The van der Waals surface area contributed by atoms with Crippen LogP contribution in [-0.2, 0) is 5.41 Å². The normalized spacial score (nSPS) is 11.2. The molecule has 0 radical (unpaired) electrons. The van der Waals surface area contributed by atoms with Crippen LogP contribution >= 0.6 is 28.1 Å². The molecule has 2 nitrogen and oxygen atoms in total. The third kappa shape index (κ3) is 3.83. The van der Waals surface area contributed by atoms with Crippen molar-refractivity contribution < 1.29 is 0 Å². The fourth-order valence-electron chi connectivity index (χ4n) is 2.09. The van der Waals surface area contributed by atoms with E-state index in [0.29, 0.717) is 4.99 Å². The van der Waals surface area contributed by atoms with Gasteiger partial charge in [0.2, 0.25) is 0 Å². The summed E-state index contributed by atoms with van der Waals surface area (Å²) in [6.45, 7) is 6.61. The number of nitrogens with one attached hydrogen (secondary N) is 1. The van der Waals surface area contributed by atoms with Gasteiger partial charge in [0, 0.05) is 21.4 Å². The van der Waals surface area contributed by atoms with E-state index in [4.69, 9.17) is 18.0 Å². The minimum Gasteiger partial charge on any atom is -0.389 e. The van der Waals surface area contributed by atoms with Gasteiger partial charge in [-0.25, -0.2) is 0 Å². The minimum absolute atomic E-state index is 0.151. The summed E-state index contributed by atoms with van der Waals surface area (Å²) < 4.78 is 0.895. The second-order valence-corrected chi connectivity index (χ2v) is 7.27. The highest BCUT2D eigenvalue weighted by molar-refractivity contribution is 9.10. The van der Waals surface area contributed by atoms with Gasteiger partial charge in [-0.05, 0) is 51.2 Å². The fraction of sp³-hybridized carbons (Fsp3) is 0.235. The summed E-state index contributed by atoms with van der Waals surface area (Å²) in [4.78, 5) is 0.372. The first-order chi connectivity index (χ1) is 9.79. The Bertz CT molecular complexity index is 657. The van der Waals surface area contributed by atoms with E-state index in [1.54, 1.807) is 0 Å². The van der Waals surface area contributed by atoms with E-state index in [1.165, 1.54) is 5.56 Å². The molecule has 0 spiro atoms. The van der Waals surface area contributed by atoms with Crippen molar-refractivity contribution in [3.05, 3.63) is 58.1 Å². The van der Waals surface area contributed by atoms with E-state index in [-0.39, 0.29) is 5.41 Å². The molecule has 0 unspecified atom stereocenters. The van der Waals surface area contributed by atoms with Crippen molar-refractivity contribution in [2.24, 2.45) is 5.73 Å². The fourth-order valence-corrected chi connectivity index (χ4v) is 3.02. The van der Waals surface area contributed by atoms with E-state index in [2.05, 4.69) is 66.3 Å². The average Bonchev–Trinajstić information content (AvgIpc) is 2.38. The Morgan fingerprint density at radius 3 is 2.24 bits per heavy atom. The maximum atomic E-state index is 5.81. The smallest absolute Gasteiger partial charge is 0.107 e. The van der Waals surface area contributed by atoms with Crippen molar-refractivity contribution in [1.29, 1.82) is 0 Å². The lowest BCUT2D eigenvalue weighted by Crippen LogP contribution is -2.13. The van der Waals surface area contributed by atoms with Gasteiger partial charge in [-0.2, -0.15) is 0 Å². The topological polar surface area (TPSA) is 38.0 Å². The highest BCUT2D eigenvalue weighted by atomic mass is 79.9. The van der Waals surface area contributed by atoms with Gasteiger partial charge in [0.25, 0.3) is 0 Å². The molecule has 4 heteroatoms. The Hall–Kier alpha value is -1.39. The zero-order valence-corrected chi connectivity index (χ0v) is 14.8. The molecule has 110 valence electrons. The van der Waals surface area contributed by atoms with E-state index >= 15 is 0 Å². The lowest BCUT2D eigenvalue weighted by Gasteiger charge is -2.19. The van der Waals surface area contributed by atoms with Crippen LogP contribution in [0, 0.1) is 0 Å². The molecule has 0 aliphatic heterocycles. The summed E-state index contributed by atoms with van der Waals surface area (Å²) in [5.41, 5.74) is 10.0. The Labute approximate surface area is 139 Å². The first kappa shape index (κ1) is 16.0. The number of rotatable bonds is 3. The Balaban J connectivity index is 2.31. The molecule has 0 atom stereocenters. The van der Waals surface area contributed by atoms with Crippen molar-refractivity contribution in [1.82, 2.24) is 0 Å². The first-order valence-corrected chi connectivity index (χ1v) is 7.95. The number of nitrogens with two attached hydrogens (primary N) is 1. The molecule has 2 rings (SSSR count). The maximum absolute atomic E-state index is 5.81. The van der Waals surface area contributed by atoms with Gasteiger partial charge in [0.05, 0.1) is 0 Å². The van der Waals surface area contributed by atoms with E-state index in [9.17, 15) is 0 Å². The second-order valence-electron chi connectivity index (χ2n) is 5.98. The highest BCUT2D eigenvalue weighted by Gasteiger charge is 2.13. The van der Waals surface area contributed by atoms with Crippen molar-refractivity contribution in [2.75, 3.05) is 5.32 Å². The van der Waals surface area contributed by atoms with Crippen molar-refractivity contribution in [2.45, 2.75) is 26.2 Å². The van der Waals surface area contributed by atoms with Crippen molar-refractivity contribution >= 4 is 44.5 Å². The summed E-state index contributed by atoms with van der Waals surface area (Å²) in [6, 6.07) is 14.3. The average molecular weight is 363 g/mol. The van der Waals surface area contributed by atoms with E-state index < -0.39 is 0 Å². The number of hydrogen-bond acceptors (Lipinski definition) is 2. The summed E-state index contributed by atoms with van der Waals surface area (Å²) in [6.07, 6.45) is 0. The van der Waals surface area contributed by atoms with Gasteiger partial charge < -0.3 is 11.1 Å². The number of benzene rings is 2. The first-order valence-electron chi connectivity index (χ1n) is 6.75. The summed E-state index contributed by atoms with van der Waals surface area (Å²) in [5, 5.41) is 3.38. The number of halogens is 1. The molecule has 0 amide bonds. The Morgan fingerprint density at radius 2 is 1.71 bits per heavy atom. The monoisotopic (exact) mass is 362 g/mol. The molecule has 2 aromatic rings. The van der Waals surface area contributed by atoms with Crippen LogP contribution in [0.2, 0.25) is 0 Å².